The maximum absolute atomic E-state index is 10.4. The minimum absolute atomic E-state index is 0.846. The molecule has 1 aromatic rings. The predicted octanol–water partition coefficient (Wildman–Crippen LogP) is 2.63. The van der Waals surface area contributed by atoms with Gasteiger partial charge in [0, 0.05) is 5.75 Å². The Hall–Kier alpha value is -1.02. The zero-order valence-corrected chi connectivity index (χ0v) is 8.38. The summed E-state index contributed by atoms with van der Waals surface area (Å²) in [5, 5.41) is 0. The fraction of sp³-hybridized carbons (Fsp3) is 0.182. The number of thioether (sulfide) groups is 1. The van der Waals surface area contributed by atoms with Gasteiger partial charge in [-0.3, -0.25) is 4.79 Å². The third-order valence-electron chi connectivity index (χ3n) is 1.71. The topological polar surface area (TPSA) is 17.1 Å². The monoisotopic (exact) mass is 192 g/mol. The summed E-state index contributed by atoms with van der Waals surface area (Å²) in [5.74, 6) is 0.878. The molecule has 68 valence electrons. The first-order valence-corrected chi connectivity index (χ1v) is 5.46. The lowest BCUT2D eigenvalue weighted by molar-refractivity contribution is -0.104. The molecule has 0 N–H and O–H groups in total. The lowest BCUT2D eigenvalue weighted by Gasteiger charge is -2.03. The van der Waals surface area contributed by atoms with E-state index < -0.39 is 0 Å². The van der Waals surface area contributed by atoms with Crippen LogP contribution in [0.1, 0.15) is 5.56 Å². The summed E-state index contributed by atoms with van der Waals surface area (Å²) in [6, 6.07) is 9.97. The van der Waals surface area contributed by atoms with E-state index in [2.05, 4.69) is 0 Å². The normalized spacial score (nSPS) is 11.3. The lowest BCUT2D eigenvalue weighted by atomic mass is 10.1. The molecule has 0 bridgehead atoms. The number of rotatable bonds is 4. The summed E-state index contributed by atoms with van der Waals surface area (Å²) in [4.78, 5) is 10.4. The van der Waals surface area contributed by atoms with Crippen LogP contribution in [0.3, 0.4) is 0 Å². The SMILES string of the molecule is CSCC(=CC=O)c1ccccc1. The number of hydrogen-bond donors (Lipinski definition) is 0. The van der Waals surface area contributed by atoms with Crippen molar-refractivity contribution in [3.63, 3.8) is 0 Å². The molecule has 0 amide bonds. The molecule has 0 aliphatic rings. The van der Waals surface area contributed by atoms with E-state index in [1.807, 2.05) is 36.6 Å². The standard InChI is InChI=1S/C11H12OS/c1-13-9-11(7-8-12)10-5-3-2-4-6-10/h2-8H,9H2,1H3. The largest absolute Gasteiger partial charge is 0.299 e. The lowest BCUT2D eigenvalue weighted by Crippen LogP contribution is -1.87. The van der Waals surface area contributed by atoms with Gasteiger partial charge in [0.05, 0.1) is 0 Å². The molecule has 0 aliphatic carbocycles. The minimum atomic E-state index is 0.846. The second-order valence-corrected chi connectivity index (χ2v) is 3.49. The first-order valence-electron chi connectivity index (χ1n) is 4.07. The molecule has 1 nitrogen and oxygen atoms in total. The van der Waals surface area contributed by atoms with Gasteiger partial charge >= 0.3 is 0 Å². The molecule has 0 atom stereocenters. The van der Waals surface area contributed by atoms with Crippen molar-refractivity contribution < 1.29 is 4.79 Å². The van der Waals surface area contributed by atoms with E-state index in [4.69, 9.17) is 0 Å². The molecule has 0 heterocycles. The molecular weight excluding hydrogens is 180 g/mol. The van der Waals surface area contributed by atoms with Gasteiger partial charge in [-0.1, -0.05) is 30.3 Å². The van der Waals surface area contributed by atoms with E-state index in [0.29, 0.717) is 0 Å². The molecule has 0 radical (unpaired) electrons. The number of carbonyl (C=O) groups is 1. The van der Waals surface area contributed by atoms with Gasteiger partial charge in [0.25, 0.3) is 0 Å². The fourth-order valence-corrected chi connectivity index (χ4v) is 1.69. The van der Waals surface area contributed by atoms with Gasteiger partial charge in [0.15, 0.2) is 0 Å². The maximum Gasteiger partial charge on any atom is 0.143 e. The zero-order chi connectivity index (χ0) is 9.52. The molecule has 0 saturated carbocycles. The van der Waals surface area contributed by atoms with Crippen LogP contribution >= 0.6 is 11.8 Å². The zero-order valence-electron chi connectivity index (χ0n) is 7.57. The average Bonchev–Trinajstić information content (AvgIpc) is 2.19. The summed E-state index contributed by atoms with van der Waals surface area (Å²) in [6.07, 6.45) is 4.51. The molecule has 0 aliphatic heterocycles. The Bertz CT molecular complexity index is 290. The number of carbonyl (C=O) groups excluding carboxylic acids is 1. The van der Waals surface area contributed by atoms with Crippen LogP contribution in [0.15, 0.2) is 36.4 Å². The van der Waals surface area contributed by atoms with Crippen LogP contribution in [0.2, 0.25) is 0 Å². The quantitative estimate of drug-likeness (QED) is 0.539. The van der Waals surface area contributed by atoms with Gasteiger partial charge < -0.3 is 0 Å². The molecule has 0 spiro atoms. The Morgan fingerprint density at radius 2 is 2.08 bits per heavy atom. The molecule has 0 saturated heterocycles. The summed E-state index contributed by atoms with van der Waals surface area (Å²) < 4.78 is 0. The van der Waals surface area contributed by atoms with E-state index >= 15 is 0 Å². The molecule has 2 heteroatoms. The first kappa shape index (κ1) is 10.1. The van der Waals surface area contributed by atoms with E-state index in [1.54, 1.807) is 17.8 Å². The second-order valence-electron chi connectivity index (χ2n) is 2.63. The number of benzene rings is 1. The molecule has 0 aromatic heterocycles. The van der Waals surface area contributed by atoms with E-state index in [-0.39, 0.29) is 0 Å². The van der Waals surface area contributed by atoms with Crippen molar-refractivity contribution >= 4 is 23.6 Å². The van der Waals surface area contributed by atoms with Crippen LogP contribution in [0.5, 0.6) is 0 Å². The van der Waals surface area contributed by atoms with E-state index in [1.165, 1.54) is 0 Å². The van der Waals surface area contributed by atoms with E-state index in [9.17, 15) is 4.79 Å². The third kappa shape index (κ3) is 3.07. The molecule has 1 aromatic carbocycles. The summed E-state index contributed by atoms with van der Waals surface area (Å²) in [5.41, 5.74) is 2.21. The molecule has 0 unspecified atom stereocenters. The van der Waals surface area contributed by atoms with Crippen LogP contribution in [-0.4, -0.2) is 18.3 Å². The van der Waals surface area contributed by atoms with Crippen LogP contribution in [0.25, 0.3) is 5.57 Å². The van der Waals surface area contributed by atoms with Gasteiger partial charge in [0.1, 0.15) is 6.29 Å². The fourth-order valence-electron chi connectivity index (χ4n) is 1.12. The smallest absolute Gasteiger partial charge is 0.143 e. The minimum Gasteiger partial charge on any atom is -0.299 e. The predicted molar refractivity (Wildman–Crippen MR) is 58.9 cm³/mol. The summed E-state index contributed by atoms with van der Waals surface area (Å²) >= 11 is 1.72. The number of allylic oxidation sites excluding steroid dienone is 1. The van der Waals surface area contributed by atoms with Crippen LogP contribution in [-0.2, 0) is 4.79 Å². The van der Waals surface area contributed by atoms with Gasteiger partial charge in [-0.2, -0.15) is 11.8 Å². The number of aldehydes is 1. The van der Waals surface area contributed by atoms with Crippen LogP contribution < -0.4 is 0 Å². The third-order valence-corrected chi connectivity index (χ3v) is 2.31. The highest BCUT2D eigenvalue weighted by molar-refractivity contribution is 7.99. The Kier molecular flexibility index (Phi) is 4.33. The maximum atomic E-state index is 10.4. The molecule has 0 fully saturated rings. The van der Waals surface area contributed by atoms with Crippen LogP contribution in [0.4, 0.5) is 0 Å². The van der Waals surface area contributed by atoms with E-state index in [0.717, 1.165) is 23.2 Å². The summed E-state index contributed by atoms with van der Waals surface area (Å²) in [7, 11) is 0. The van der Waals surface area contributed by atoms with Gasteiger partial charge in [-0.25, -0.2) is 0 Å². The van der Waals surface area contributed by atoms with Crippen molar-refractivity contribution in [1.29, 1.82) is 0 Å². The Labute approximate surface area is 82.9 Å². The average molecular weight is 192 g/mol. The number of hydrogen-bond acceptors (Lipinski definition) is 2. The molecule has 1 rings (SSSR count). The van der Waals surface area contributed by atoms with Crippen molar-refractivity contribution in [1.82, 2.24) is 0 Å². The van der Waals surface area contributed by atoms with Crippen molar-refractivity contribution in [2.24, 2.45) is 0 Å². The molecular formula is C11H12OS. The van der Waals surface area contributed by atoms with Crippen molar-refractivity contribution in [2.75, 3.05) is 12.0 Å². The Morgan fingerprint density at radius 3 is 2.62 bits per heavy atom. The van der Waals surface area contributed by atoms with Gasteiger partial charge in [0.2, 0.25) is 0 Å². The first-order chi connectivity index (χ1) is 6.38. The Balaban J connectivity index is 2.89. The van der Waals surface area contributed by atoms with Gasteiger partial charge in [-0.05, 0) is 23.5 Å². The van der Waals surface area contributed by atoms with Crippen LogP contribution in [0, 0.1) is 0 Å². The Morgan fingerprint density at radius 1 is 1.38 bits per heavy atom. The van der Waals surface area contributed by atoms with Crippen molar-refractivity contribution in [2.45, 2.75) is 0 Å². The second kappa shape index (κ2) is 5.60. The highest BCUT2D eigenvalue weighted by Gasteiger charge is 1.98. The highest BCUT2D eigenvalue weighted by Crippen LogP contribution is 2.17. The molecule has 13 heavy (non-hydrogen) atoms. The van der Waals surface area contributed by atoms with Gasteiger partial charge in [-0.15, -0.1) is 0 Å². The van der Waals surface area contributed by atoms with Crippen molar-refractivity contribution in [3.8, 4) is 0 Å². The van der Waals surface area contributed by atoms with Crippen molar-refractivity contribution in [3.05, 3.63) is 42.0 Å². The highest BCUT2D eigenvalue weighted by atomic mass is 32.2. The summed E-state index contributed by atoms with van der Waals surface area (Å²) in [6.45, 7) is 0.